The fourth-order valence-electron chi connectivity index (χ4n) is 1.75. The Morgan fingerprint density at radius 2 is 2.22 bits per heavy atom. The lowest BCUT2D eigenvalue weighted by atomic mass is 10.0. The molecule has 2 N–H and O–H groups in total. The molecule has 1 aliphatic rings. The quantitative estimate of drug-likeness (QED) is 0.663. The molecule has 18 heavy (non-hydrogen) atoms. The van der Waals surface area contributed by atoms with Crippen LogP contribution in [-0.4, -0.2) is 53.2 Å². The number of hydrogen-bond donors (Lipinski definition) is 3. The Hall–Kier alpha value is -0.950. The normalized spacial score (nSPS) is 21.8. The van der Waals surface area contributed by atoms with Gasteiger partial charge in [0.1, 0.15) is 11.5 Å². The second kappa shape index (κ2) is 6.84. The van der Waals surface area contributed by atoms with Gasteiger partial charge in [0.15, 0.2) is 0 Å². The van der Waals surface area contributed by atoms with E-state index < -0.39 is 12.0 Å². The van der Waals surface area contributed by atoms with E-state index in [0.29, 0.717) is 26.1 Å². The Morgan fingerprint density at radius 3 is 2.72 bits per heavy atom. The van der Waals surface area contributed by atoms with Gasteiger partial charge in [0, 0.05) is 6.54 Å². The van der Waals surface area contributed by atoms with E-state index >= 15 is 0 Å². The number of ether oxygens (including phenoxy) is 1. The molecule has 1 saturated heterocycles. The fourth-order valence-corrected chi connectivity index (χ4v) is 2.05. The third-order valence-electron chi connectivity index (χ3n) is 2.64. The number of urea groups is 1. The van der Waals surface area contributed by atoms with Crippen molar-refractivity contribution in [2.24, 2.45) is 5.92 Å². The van der Waals surface area contributed by atoms with Gasteiger partial charge in [-0.05, 0) is 12.3 Å². The number of carbonyl (C=O) groups is 2. The van der Waals surface area contributed by atoms with Gasteiger partial charge in [-0.15, -0.1) is 12.6 Å². The summed E-state index contributed by atoms with van der Waals surface area (Å²) >= 11 is 4.14. The van der Waals surface area contributed by atoms with Crippen molar-refractivity contribution >= 4 is 24.6 Å². The van der Waals surface area contributed by atoms with E-state index in [-0.39, 0.29) is 17.4 Å². The van der Waals surface area contributed by atoms with Crippen molar-refractivity contribution in [1.29, 1.82) is 0 Å². The average Bonchev–Trinajstić information content (AvgIpc) is 2.27. The van der Waals surface area contributed by atoms with Crippen molar-refractivity contribution in [2.75, 3.05) is 19.7 Å². The van der Waals surface area contributed by atoms with Crippen LogP contribution in [0.3, 0.4) is 0 Å². The van der Waals surface area contributed by atoms with E-state index in [1.54, 1.807) is 0 Å². The van der Waals surface area contributed by atoms with Gasteiger partial charge in [0.2, 0.25) is 0 Å². The zero-order valence-corrected chi connectivity index (χ0v) is 11.5. The summed E-state index contributed by atoms with van der Waals surface area (Å²) in [5.74, 6) is -0.804. The summed E-state index contributed by atoms with van der Waals surface area (Å²) in [5, 5.41) is 11.6. The molecule has 0 aromatic heterocycles. The molecule has 0 bridgehead atoms. The third kappa shape index (κ3) is 4.73. The minimum atomic E-state index is -1.01. The second-order valence-corrected chi connectivity index (χ2v) is 5.32. The number of hydrogen-bond acceptors (Lipinski definition) is 4. The Bertz CT molecular complexity index is 311. The van der Waals surface area contributed by atoms with Crippen LogP contribution in [0.25, 0.3) is 0 Å². The molecule has 2 atom stereocenters. The first-order valence-electron chi connectivity index (χ1n) is 5.98. The van der Waals surface area contributed by atoms with Crippen LogP contribution in [0.5, 0.6) is 0 Å². The highest BCUT2D eigenvalue weighted by Crippen LogP contribution is 2.10. The maximum absolute atomic E-state index is 11.9. The molecule has 1 fully saturated rings. The van der Waals surface area contributed by atoms with Crippen LogP contribution < -0.4 is 5.32 Å². The maximum Gasteiger partial charge on any atom is 0.326 e. The van der Waals surface area contributed by atoms with Crippen molar-refractivity contribution in [3.63, 3.8) is 0 Å². The van der Waals surface area contributed by atoms with Crippen LogP contribution in [0.1, 0.15) is 20.3 Å². The van der Waals surface area contributed by atoms with E-state index in [4.69, 9.17) is 9.84 Å². The molecule has 0 saturated carbocycles. The lowest BCUT2D eigenvalue weighted by Crippen LogP contribution is -2.52. The summed E-state index contributed by atoms with van der Waals surface area (Å²) in [6, 6.07) is -1.22. The molecule has 0 radical (unpaired) electrons. The van der Waals surface area contributed by atoms with Gasteiger partial charge in [0.05, 0.1) is 13.2 Å². The van der Waals surface area contributed by atoms with E-state index in [0.717, 1.165) is 0 Å². The Morgan fingerprint density at radius 1 is 1.56 bits per heavy atom. The van der Waals surface area contributed by atoms with Crippen molar-refractivity contribution in [3.8, 4) is 0 Å². The summed E-state index contributed by atoms with van der Waals surface area (Å²) in [5.41, 5.74) is -0.308. The molecular weight excluding hydrogens is 256 g/mol. The highest BCUT2D eigenvalue weighted by molar-refractivity contribution is 7.80. The summed E-state index contributed by atoms with van der Waals surface area (Å²) in [7, 11) is 0. The summed E-state index contributed by atoms with van der Waals surface area (Å²) in [4.78, 5) is 24.5. The van der Waals surface area contributed by atoms with Crippen LogP contribution in [0.4, 0.5) is 4.79 Å². The lowest BCUT2D eigenvalue weighted by Gasteiger charge is -2.31. The Kier molecular flexibility index (Phi) is 5.74. The first kappa shape index (κ1) is 15.1. The zero-order valence-electron chi connectivity index (χ0n) is 10.6. The average molecular weight is 276 g/mol. The minimum Gasteiger partial charge on any atom is -0.480 e. The van der Waals surface area contributed by atoms with Crippen molar-refractivity contribution < 1.29 is 19.4 Å². The van der Waals surface area contributed by atoms with Gasteiger partial charge >= 0.3 is 12.0 Å². The van der Waals surface area contributed by atoms with E-state index in [9.17, 15) is 9.59 Å². The number of nitrogens with one attached hydrogen (secondary N) is 1. The topological polar surface area (TPSA) is 78.9 Å². The molecule has 104 valence electrons. The first-order valence-corrected chi connectivity index (χ1v) is 6.49. The van der Waals surface area contributed by atoms with Crippen LogP contribution in [0.15, 0.2) is 0 Å². The van der Waals surface area contributed by atoms with Gasteiger partial charge in [-0.25, -0.2) is 9.59 Å². The lowest BCUT2D eigenvalue weighted by molar-refractivity contribution is -0.139. The number of carbonyl (C=O) groups excluding carboxylic acids is 1. The molecule has 0 aliphatic carbocycles. The predicted octanol–water partition coefficient (Wildman–Crippen LogP) is 0.783. The molecule has 6 nitrogen and oxygen atoms in total. The van der Waals surface area contributed by atoms with Crippen LogP contribution >= 0.6 is 12.6 Å². The van der Waals surface area contributed by atoms with Crippen molar-refractivity contribution in [1.82, 2.24) is 10.2 Å². The SMILES string of the molecule is CC(C)CC(NC(=O)N1CCOC(S)C1)C(=O)O. The number of nitrogens with zero attached hydrogens (tertiary/aromatic N) is 1. The first-order chi connectivity index (χ1) is 8.40. The molecule has 1 rings (SSSR count). The number of aliphatic carboxylic acids is 1. The fraction of sp³-hybridized carbons (Fsp3) is 0.818. The predicted molar refractivity (Wildman–Crippen MR) is 69.7 cm³/mol. The molecule has 0 aromatic carbocycles. The third-order valence-corrected chi connectivity index (χ3v) is 2.95. The molecular formula is C11H20N2O4S. The van der Waals surface area contributed by atoms with E-state index in [1.165, 1.54) is 4.90 Å². The van der Waals surface area contributed by atoms with Crippen LogP contribution in [0.2, 0.25) is 0 Å². The Labute approximate surface area is 112 Å². The maximum atomic E-state index is 11.9. The molecule has 0 aromatic rings. The number of rotatable bonds is 4. The molecule has 2 amide bonds. The van der Waals surface area contributed by atoms with Gasteiger partial charge in [0.25, 0.3) is 0 Å². The van der Waals surface area contributed by atoms with E-state index in [1.807, 2.05) is 13.8 Å². The highest BCUT2D eigenvalue weighted by Gasteiger charge is 2.26. The van der Waals surface area contributed by atoms with Gasteiger partial charge in [-0.1, -0.05) is 13.8 Å². The number of carboxylic acid groups (broad SMARTS) is 1. The number of morpholine rings is 1. The smallest absolute Gasteiger partial charge is 0.326 e. The summed E-state index contributed by atoms with van der Waals surface area (Å²) < 4.78 is 5.20. The number of thiol groups is 1. The molecule has 0 spiro atoms. The number of carboxylic acids is 1. The van der Waals surface area contributed by atoms with E-state index in [2.05, 4.69) is 17.9 Å². The largest absolute Gasteiger partial charge is 0.480 e. The number of amides is 2. The van der Waals surface area contributed by atoms with Crippen molar-refractivity contribution in [3.05, 3.63) is 0 Å². The van der Waals surface area contributed by atoms with Gasteiger partial charge in [-0.3, -0.25) is 0 Å². The van der Waals surface area contributed by atoms with Crippen LogP contribution in [0, 0.1) is 5.92 Å². The second-order valence-electron chi connectivity index (χ2n) is 4.74. The summed E-state index contributed by atoms with van der Waals surface area (Å²) in [6.45, 7) is 5.07. The molecule has 1 heterocycles. The molecule has 7 heteroatoms. The van der Waals surface area contributed by atoms with Gasteiger partial charge in [-0.2, -0.15) is 0 Å². The highest BCUT2D eigenvalue weighted by atomic mass is 32.1. The molecule has 2 unspecified atom stereocenters. The van der Waals surface area contributed by atoms with Crippen LogP contribution in [-0.2, 0) is 9.53 Å². The standard InChI is InChI=1S/C11H20N2O4S/c1-7(2)5-8(10(14)15)12-11(16)13-3-4-17-9(18)6-13/h7-9,18H,3-6H2,1-2H3,(H,12,16)(H,14,15). The molecule has 1 aliphatic heterocycles. The monoisotopic (exact) mass is 276 g/mol. The minimum absolute atomic E-state index is 0.203. The summed E-state index contributed by atoms with van der Waals surface area (Å²) in [6.07, 6.45) is 0.412. The van der Waals surface area contributed by atoms with Gasteiger partial charge < -0.3 is 20.1 Å². The van der Waals surface area contributed by atoms with Crippen molar-refractivity contribution in [2.45, 2.75) is 31.7 Å². The zero-order chi connectivity index (χ0) is 13.7. The Balaban J connectivity index is 2.52.